The van der Waals surface area contributed by atoms with Gasteiger partial charge in [-0.1, -0.05) is 54.6 Å². The summed E-state index contributed by atoms with van der Waals surface area (Å²) in [5, 5.41) is 8.13. The third-order valence-electron chi connectivity index (χ3n) is 5.18. The molecule has 0 radical (unpaired) electrons. The number of nitrogens with zero attached hydrogens (tertiary/aromatic N) is 5. The first-order chi connectivity index (χ1) is 15.0. The van der Waals surface area contributed by atoms with Gasteiger partial charge in [0.15, 0.2) is 0 Å². The molecule has 160 valence electrons. The highest BCUT2D eigenvalue weighted by molar-refractivity contribution is 5.59. The second kappa shape index (κ2) is 9.26. The number of anilines is 1. The van der Waals surface area contributed by atoms with Crippen molar-refractivity contribution in [2.24, 2.45) is 0 Å². The Balaban J connectivity index is 1.35. The standard InChI is InChI=1S/C23H22F3N5/c24-23(25,26)20-10-8-19(9-11-20)21-17-27-29-22(28-21)31-15-13-30(14-16-31)12-4-7-18-5-2-1-3-6-18/h1-11,17H,12-16H2. The summed E-state index contributed by atoms with van der Waals surface area (Å²) in [6.07, 6.45) is 1.39. The number of alkyl halides is 3. The van der Waals surface area contributed by atoms with Crippen LogP contribution in [-0.4, -0.2) is 52.8 Å². The third-order valence-corrected chi connectivity index (χ3v) is 5.18. The quantitative estimate of drug-likeness (QED) is 0.607. The van der Waals surface area contributed by atoms with Crippen molar-refractivity contribution in [2.45, 2.75) is 6.18 Å². The Kier molecular flexibility index (Phi) is 6.27. The van der Waals surface area contributed by atoms with E-state index in [-0.39, 0.29) is 0 Å². The number of aromatic nitrogens is 3. The van der Waals surface area contributed by atoms with Crippen LogP contribution in [0.4, 0.5) is 19.1 Å². The molecule has 31 heavy (non-hydrogen) atoms. The molecule has 0 amide bonds. The van der Waals surface area contributed by atoms with E-state index in [2.05, 4.69) is 49.3 Å². The summed E-state index contributed by atoms with van der Waals surface area (Å²) >= 11 is 0. The summed E-state index contributed by atoms with van der Waals surface area (Å²) in [6.45, 7) is 4.13. The maximum atomic E-state index is 12.8. The van der Waals surface area contributed by atoms with Gasteiger partial charge in [0.25, 0.3) is 0 Å². The lowest BCUT2D eigenvalue weighted by atomic mass is 10.1. The van der Waals surface area contributed by atoms with Crippen molar-refractivity contribution in [1.82, 2.24) is 20.1 Å². The Labute approximate surface area is 178 Å². The number of benzene rings is 2. The SMILES string of the molecule is FC(F)(F)c1ccc(-c2cnnc(N3CCN(CC=Cc4ccccc4)CC3)n2)cc1. The fourth-order valence-corrected chi connectivity index (χ4v) is 3.43. The first kappa shape index (κ1) is 21.0. The van der Waals surface area contributed by atoms with Crippen molar-refractivity contribution in [1.29, 1.82) is 0 Å². The molecule has 2 aromatic carbocycles. The largest absolute Gasteiger partial charge is 0.416 e. The number of hydrogen-bond donors (Lipinski definition) is 0. The van der Waals surface area contributed by atoms with Crippen LogP contribution >= 0.6 is 0 Å². The molecule has 1 fully saturated rings. The van der Waals surface area contributed by atoms with E-state index in [0.717, 1.165) is 44.9 Å². The molecule has 0 saturated carbocycles. The molecule has 8 heteroatoms. The van der Waals surface area contributed by atoms with E-state index in [1.165, 1.54) is 23.9 Å². The van der Waals surface area contributed by atoms with Gasteiger partial charge in [-0.15, -0.1) is 5.10 Å². The minimum Gasteiger partial charge on any atom is -0.337 e. The van der Waals surface area contributed by atoms with Gasteiger partial charge in [0.05, 0.1) is 17.5 Å². The van der Waals surface area contributed by atoms with Crippen LogP contribution in [0.2, 0.25) is 0 Å². The second-order valence-electron chi connectivity index (χ2n) is 7.32. The minimum absolute atomic E-state index is 0.497. The summed E-state index contributed by atoms with van der Waals surface area (Å²) in [6, 6.07) is 15.1. The van der Waals surface area contributed by atoms with E-state index in [1.54, 1.807) is 0 Å². The van der Waals surface area contributed by atoms with Gasteiger partial charge < -0.3 is 4.90 Å². The lowest BCUT2D eigenvalue weighted by Crippen LogP contribution is -2.47. The molecule has 0 bridgehead atoms. The van der Waals surface area contributed by atoms with Gasteiger partial charge in [0.1, 0.15) is 0 Å². The van der Waals surface area contributed by atoms with Crippen molar-refractivity contribution in [2.75, 3.05) is 37.6 Å². The maximum Gasteiger partial charge on any atom is 0.416 e. The van der Waals surface area contributed by atoms with E-state index >= 15 is 0 Å². The molecular weight excluding hydrogens is 403 g/mol. The third kappa shape index (κ3) is 5.46. The molecule has 3 aromatic rings. The summed E-state index contributed by atoms with van der Waals surface area (Å²) in [5.41, 5.74) is 1.58. The zero-order valence-electron chi connectivity index (χ0n) is 16.8. The van der Waals surface area contributed by atoms with Crippen LogP contribution < -0.4 is 4.90 Å². The predicted molar refractivity (Wildman–Crippen MR) is 114 cm³/mol. The molecule has 5 nitrogen and oxygen atoms in total. The molecule has 0 spiro atoms. The molecule has 4 rings (SSSR count). The first-order valence-electron chi connectivity index (χ1n) is 10.1. The van der Waals surface area contributed by atoms with Gasteiger partial charge >= 0.3 is 6.18 Å². The predicted octanol–water partition coefficient (Wildman–Crippen LogP) is 4.39. The highest BCUT2D eigenvalue weighted by Crippen LogP contribution is 2.30. The molecule has 0 aliphatic carbocycles. The molecule has 0 unspecified atom stereocenters. The molecule has 1 aliphatic rings. The van der Waals surface area contributed by atoms with E-state index in [9.17, 15) is 13.2 Å². The van der Waals surface area contributed by atoms with Crippen LogP contribution in [0.25, 0.3) is 17.3 Å². The molecule has 1 aromatic heterocycles. The Morgan fingerprint density at radius 3 is 2.29 bits per heavy atom. The highest BCUT2D eigenvalue weighted by Gasteiger charge is 2.30. The van der Waals surface area contributed by atoms with Crippen LogP contribution in [0, 0.1) is 0 Å². The van der Waals surface area contributed by atoms with Gasteiger partial charge in [-0.3, -0.25) is 4.90 Å². The summed E-state index contributed by atoms with van der Waals surface area (Å²) in [4.78, 5) is 8.93. The van der Waals surface area contributed by atoms with E-state index in [0.29, 0.717) is 17.2 Å². The number of hydrogen-bond acceptors (Lipinski definition) is 5. The van der Waals surface area contributed by atoms with Crippen LogP contribution in [-0.2, 0) is 6.18 Å². The maximum absolute atomic E-state index is 12.8. The Morgan fingerprint density at radius 1 is 0.903 bits per heavy atom. The minimum atomic E-state index is -4.36. The number of rotatable bonds is 5. The highest BCUT2D eigenvalue weighted by atomic mass is 19.4. The van der Waals surface area contributed by atoms with Gasteiger partial charge in [-0.25, -0.2) is 4.98 Å². The van der Waals surface area contributed by atoms with Gasteiger partial charge in [-0.2, -0.15) is 18.3 Å². The van der Waals surface area contributed by atoms with Crippen molar-refractivity contribution in [3.05, 3.63) is 78.0 Å². The number of halogens is 3. The summed E-state index contributed by atoms with van der Waals surface area (Å²) in [5.74, 6) is 0.497. The topological polar surface area (TPSA) is 45.2 Å². The van der Waals surface area contributed by atoms with Crippen LogP contribution in [0.3, 0.4) is 0 Å². The van der Waals surface area contributed by atoms with Gasteiger partial charge in [-0.05, 0) is 17.7 Å². The molecule has 1 saturated heterocycles. The van der Waals surface area contributed by atoms with Crippen LogP contribution in [0.5, 0.6) is 0 Å². The van der Waals surface area contributed by atoms with Crippen molar-refractivity contribution >= 4 is 12.0 Å². The van der Waals surface area contributed by atoms with Crippen LogP contribution in [0.15, 0.2) is 66.9 Å². The normalized spacial score (nSPS) is 15.5. The molecule has 1 aliphatic heterocycles. The zero-order chi connectivity index (χ0) is 21.7. The number of piperazine rings is 1. The van der Waals surface area contributed by atoms with Crippen molar-refractivity contribution < 1.29 is 13.2 Å². The van der Waals surface area contributed by atoms with Gasteiger partial charge in [0.2, 0.25) is 5.95 Å². The second-order valence-corrected chi connectivity index (χ2v) is 7.32. The molecule has 0 N–H and O–H groups in total. The zero-order valence-corrected chi connectivity index (χ0v) is 16.8. The first-order valence-corrected chi connectivity index (χ1v) is 10.1. The average Bonchev–Trinajstić information content (AvgIpc) is 2.80. The van der Waals surface area contributed by atoms with Crippen molar-refractivity contribution in [3.63, 3.8) is 0 Å². The smallest absolute Gasteiger partial charge is 0.337 e. The average molecular weight is 425 g/mol. The Morgan fingerprint density at radius 2 is 1.61 bits per heavy atom. The van der Waals surface area contributed by atoms with E-state index in [1.807, 2.05) is 18.2 Å². The monoisotopic (exact) mass is 425 g/mol. The molecule has 2 heterocycles. The summed E-state index contributed by atoms with van der Waals surface area (Å²) in [7, 11) is 0. The Hall–Kier alpha value is -3.26. The lowest BCUT2D eigenvalue weighted by Gasteiger charge is -2.33. The van der Waals surface area contributed by atoms with Crippen LogP contribution in [0.1, 0.15) is 11.1 Å². The fraction of sp³-hybridized carbons (Fsp3) is 0.261. The van der Waals surface area contributed by atoms with E-state index in [4.69, 9.17) is 0 Å². The summed E-state index contributed by atoms with van der Waals surface area (Å²) < 4.78 is 38.3. The van der Waals surface area contributed by atoms with Crippen molar-refractivity contribution in [3.8, 4) is 11.3 Å². The Bertz CT molecular complexity index is 1010. The fourth-order valence-electron chi connectivity index (χ4n) is 3.43. The lowest BCUT2D eigenvalue weighted by molar-refractivity contribution is -0.137. The van der Waals surface area contributed by atoms with Gasteiger partial charge in [0, 0.05) is 38.3 Å². The molecule has 0 atom stereocenters. The van der Waals surface area contributed by atoms with E-state index < -0.39 is 11.7 Å². The molecular formula is C23H22F3N5.